The zero-order valence-electron chi connectivity index (χ0n) is 14.9. The van der Waals surface area contributed by atoms with Crippen molar-refractivity contribution in [2.75, 3.05) is 5.32 Å². The van der Waals surface area contributed by atoms with Crippen LogP contribution < -0.4 is 5.32 Å². The third-order valence-electron chi connectivity index (χ3n) is 5.15. The van der Waals surface area contributed by atoms with Crippen LogP contribution in [0.2, 0.25) is 0 Å². The van der Waals surface area contributed by atoms with Crippen molar-refractivity contribution in [3.8, 4) is 0 Å². The van der Waals surface area contributed by atoms with Crippen LogP contribution in [0.5, 0.6) is 0 Å². The molecule has 27 heavy (non-hydrogen) atoms. The zero-order chi connectivity index (χ0) is 18.4. The lowest BCUT2D eigenvalue weighted by atomic mass is 10.0. The van der Waals surface area contributed by atoms with E-state index in [9.17, 15) is 4.79 Å². The SMILES string of the molecule is Cc1[nH]c2ccccc2c1[C@@H]1Nc2ccccc2C(=O)N1Cc1ccco1. The van der Waals surface area contributed by atoms with Gasteiger partial charge in [-0.25, -0.2) is 0 Å². The first-order valence-corrected chi connectivity index (χ1v) is 8.98. The molecule has 0 saturated heterocycles. The van der Waals surface area contributed by atoms with Crippen molar-refractivity contribution < 1.29 is 9.21 Å². The van der Waals surface area contributed by atoms with Gasteiger partial charge in [0.25, 0.3) is 5.91 Å². The Bertz CT molecular complexity index is 1130. The Hall–Kier alpha value is -3.47. The van der Waals surface area contributed by atoms with E-state index in [1.807, 2.05) is 60.4 Å². The fraction of sp³-hybridized carbons (Fsp3) is 0.136. The van der Waals surface area contributed by atoms with Crippen LogP contribution >= 0.6 is 0 Å². The molecule has 1 amide bonds. The highest BCUT2D eigenvalue weighted by Gasteiger charge is 2.35. The van der Waals surface area contributed by atoms with Gasteiger partial charge >= 0.3 is 0 Å². The lowest BCUT2D eigenvalue weighted by molar-refractivity contribution is 0.0652. The van der Waals surface area contributed by atoms with Crippen LogP contribution in [0.15, 0.2) is 71.3 Å². The van der Waals surface area contributed by atoms with Crippen LogP contribution in [0, 0.1) is 6.92 Å². The quantitative estimate of drug-likeness (QED) is 0.552. The van der Waals surface area contributed by atoms with Gasteiger partial charge in [-0.3, -0.25) is 4.79 Å². The minimum atomic E-state index is -0.284. The largest absolute Gasteiger partial charge is 0.467 e. The number of hydrogen-bond acceptors (Lipinski definition) is 3. The van der Waals surface area contributed by atoms with E-state index in [2.05, 4.69) is 22.4 Å². The van der Waals surface area contributed by atoms with E-state index in [1.54, 1.807) is 6.26 Å². The predicted octanol–water partition coefficient (Wildman–Crippen LogP) is 4.84. The van der Waals surface area contributed by atoms with Crippen molar-refractivity contribution in [2.45, 2.75) is 19.6 Å². The second-order valence-corrected chi connectivity index (χ2v) is 6.81. The summed E-state index contributed by atoms with van der Waals surface area (Å²) in [6.07, 6.45) is 1.35. The molecule has 1 aliphatic heterocycles. The molecule has 5 rings (SSSR count). The van der Waals surface area contributed by atoms with Crippen molar-refractivity contribution in [3.05, 3.63) is 89.5 Å². The summed E-state index contributed by atoms with van der Waals surface area (Å²) in [6, 6.07) is 19.6. The molecule has 0 aliphatic carbocycles. The molecular formula is C22H19N3O2. The third-order valence-corrected chi connectivity index (χ3v) is 5.15. The van der Waals surface area contributed by atoms with Gasteiger partial charge in [0.15, 0.2) is 0 Å². The molecule has 0 spiro atoms. The summed E-state index contributed by atoms with van der Waals surface area (Å²) in [7, 11) is 0. The number of hydrogen-bond donors (Lipinski definition) is 2. The summed E-state index contributed by atoms with van der Waals surface area (Å²) in [4.78, 5) is 18.6. The molecule has 134 valence electrons. The average Bonchev–Trinajstić information content (AvgIpc) is 3.31. The normalized spacial score (nSPS) is 16.4. The highest BCUT2D eigenvalue weighted by molar-refractivity contribution is 6.02. The highest BCUT2D eigenvalue weighted by Crippen LogP contribution is 2.38. The molecule has 0 fully saturated rings. The number of carbonyl (C=O) groups is 1. The van der Waals surface area contributed by atoms with Gasteiger partial charge in [-0.1, -0.05) is 30.3 Å². The number of furan rings is 1. The first kappa shape index (κ1) is 15.8. The number of aromatic nitrogens is 1. The minimum Gasteiger partial charge on any atom is -0.467 e. The lowest BCUT2D eigenvalue weighted by Crippen LogP contribution is -2.42. The summed E-state index contributed by atoms with van der Waals surface area (Å²) in [5, 5.41) is 4.68. The number of aromatic amines is 1. The minimum absolute atomic E-state index is 0.00423. The van der Waals surface area contributed by atoms with E-state index in [-0.39, 0.29) is 12.1 Å². The number of amides is 1. The van der Waals surface area contributed by atoms with Gasteiger partial charge in [0.2, 0.25) is 0 Å². The molecule has 1 atom stereocenters. The Morgan fingerprint density at radius 3 is 2.70 bits per heavy atom. The molecule has 2 aromatic heterocycles. The van der Waals surface area contributed by atoms with Gasteiger partial charge in [-0.2, -0.15) is 0 Å². The standard InChI is InChI=1S/C22H19N3O2/c1-14-20(16-8-2-4-10-18(16)23-14)21-24-19-11-5-3-9-17(19)22(26)25(21)13-15-7-6-12-27-15/h2-12,21,23-24H,13H2,1H3/t21-/m1/s1. The number of rotatable bonds is 3. The smallest absolute Gasteiger partial charge is 0.258 e. The number of benzene rings is 2. The van der Waals surface area contributed by atoms with Crippen molar-refractivity contribution in [2.24, 2.45) is 0 Å². The highest BCUT2D eigenvalue weighted by atomic mass is 16.3. The summed E-state index contributed by atoms with van der Waals surface area (Å²) in [5.74, 6) is 0.752. The molecule has 0 saturated carbocycles. The molecule has 5 heteroatoms. The summed E-state index contributed by atoms with van der Waals surface area (Å²) < 4.78 is 5.53. The van der Waals surface area contributed by atoms with Gasteiger partial charge in [0.1, 0.15) is 11.9 Å². The third kappa shape index (κ3) is 2.51. The molecule has 1 aliphatic rings. The number of aryl methyl sites for hydroxylation is 1. The number of H-pyrrole nitrogens is 1. The van der Waals surface area contributed by atoms with Gasteiger partial charge in [0.05, 0.1) is 18.4 Å². The van der Waals surface area contributed by atoms with Gasteiger partial charge in [-0.15, -0.1) is 0 Å². The van der Waals surface area contributed by atoms with Crippen LogP contribution in [0.1, 0.15) is 33.5 Å². The maximum atomic E-state index is 13.3. The Morgan fingerprint density at radius 2 is 1.85 bits per heavy atom. The van der Waals surface area contributed by atoms with E-state index in [0.29, 0.717) is 12.1 Å². The molecule has 4 aromatic rings. The second kappa shape index (κ2) is 6.06. The molecule has 2 N–H and O–H groups in total. The molecule has 3 heterocycles. The molecule has 0 unspecified atom stereocenters. The van der Waals surface area contributed by atoms with Gasteiger partial charge < -0.3 is 19.6 Å². The molecule has 5 nitrogen and oxygen atoms in total. The van der Waals surface area contributed by atoms with Crippen molar-refractivity contribution in [3.63, 3.8) is 0 Å². The fourth-order valence-electron chi connectivity index (χ4n) is 3.90. The molecule has 2 aromatic carbocycles. The number of anilines is 1. The first-order chi connectivity index (χ1) is 13.2. The van der Waals surface area contributed by atoms with Crippen molar-refractivity contribution in [1.29, 1.82) is 0 Å². The van der Waals surface area contributed by atoms with Gasteiger partial charge in [-0.05, 0) is 37.3 Å². The fourth-order valence-corrected chi connectivity index (χ4v) is 3.90. The second-order valence-electron chi connectivity index (χ2n) is 6.81. The van der Waals surface area contributed by atoms with E-state index >= 15 is 0 Å². The predicted molar refractivity (Wildman–Crippen MR) is 104 cm³/mol. The van der Waals surface area contributed by atoms with Crippen LogP contribution in [0.25, 0.3) is 10.9 Å². The van der Waals surface area contributed by atoms with E-state index < -0.39 is 0 Å². The van der Waals surface area contributed by atoms with Crippen molar-refractivity contribution >= 4 is 22.5 Å². The summed E-state index contributed by atoms with van der Waals surface area (Å²) in [5.41, 5.74) is 4.73. The first-order valence-electron chi connectivity index (χ1n) is 8.98. The van der Waals surface area contributed by atoms with E-state index in [0.717, 1.165) is 33.6 Å². The topological polar surface area (TPSA) is 61.3 Å². The van der Waals surface area contributed by atoms with Crippen LogP contribution in [-0.2, 0) is 6.54 Å². The van der Waals surface area contributed by atoms with Crippen LogP contribution in [-0.4, -0.2) is 15.8 Å². The molecule has 0 radical (unpaired) electrons. The van der Waals surface area contributed by atoms with E-state index in [1.165, 1.54) is 0 Å². The number of nitrogens with zero attached hydrogens (tertiary/aromatic N) is 1. The van der Waals surface area contributed by atoms with E-state index in [4.69, 9.17) is 4.42 Å². The monoisotopic (exact) mass is 357 g/mol. The zero-order valence-corrected chi connectivity index (χ0v) is 14.9. The Kier molecular flexibility index (Phi) is 3.53. The number of para-hydroxylation sites is 2. The Labute approximate surface area is 156 Å². The molecule has 0 bridgehead atoms. The van der Waals surface area contributed by atoms with Crippen molar-refractivity contribution in [1.82, 2.24) is 9.88 Å². The Balaban J connectivity index is 1.67. The summed E-state index contributed by atoms with van der Waals surface area (Å²) in [6.45, 7) is 2.45. The number of nitrogens with one attached hydrogen (secondary N) is 2. The number of fused-ring (bicyclic) bond motifs is 2. The van der Waals surface area contributed by atoms with Crippen LogP contribution in [0.4, 0.5) is 5.69 Å². The van der Waals surface area contributed by atoms with Crippen LogP contribution in [0.3, 0.4) is 0 Å². The average molecular weight is 357 g/mol. The maximum absolute atomic E-state index is 13.3. The maximum Gasteiger partial charge on any atom is 0.258 e. The van der Waals surface area contributed by atoms with Gasteiger partial charge in [0, 0.05) is 27.8 Å². The molecular weight excluding hydrogens is 338 g/mol. The Morgan fingerprint density at radius 1 is 1.04 bits per heavy atom. The number of carbonyl (C=O) groups excluding carboxylic acids is 1. The summed E-state index contributed by atoms with van der Waals surface area (Å²) >= 11 is 0. The lowest BCUT2D eigenvalue weighted by Gasteiger charge is -2.37.